The average Bonchev–Trinajstić information content (AvgIpc) is 3.48. The third kappa shape index (κ3) is 8.19. The number of hydrogen-bond donors (Lipinski definition) is 8. The van der Waals surface area contributed by atoms with Crippen molar-refractivity contribution in [2.75, 3.05) is 0 Å². The number of nitrogens with two attached hydrogens (primary N) is 1. The molecule has 2 aromatic heterocycles. The monoisotopic (exact) mass is 492 g/mol. The molecule has 0 saturated heterocycles. The van der Waals surface area contributed by atoms with Crippen molar-refractivity contribution in [1.29, 1.82) is 0 Å². The molecule has 0 radical (unpaired) electrons. The lowest BCUT2D eigenvalue weighted by atomic mass is 10.0. The van der Waals surface area contributed by atoms with Gasteiger partial charge in [-0.05, 0) is 12.8 Å². The molecule has 5 atom stereocenters. The lowest BCUT2D eigenvalue weighted by molar-refractivity contribution is -0.144. The first-order chi connectivity index (χ1) is 16.5. The average molecular weight is 493 g/mol. The Kier molecular flexibility index (Phi) is 9.90. The standard InChI is InChI=1S/C21H32N8O6/c1-10(2)16(21(34)35)28-20(33)17(11(3)30)29-19(32)15(5-13-7-24-9-26-13)27-18(31)14(22)4-12-6-23-8-25-12/h6-11,14-17,30H,4-5,22H2,1-3H3,(H,23,25)(H,24,26)(H,27,31)(H,28,33)(H,29,32)(H,34,35). The zero-order chi connectivity index (χ0) is 26.1. The number of carboxylic acid groups (broad SMARTS) is 1. The Labute approximate surface area is 201 Å². The van der Waals surface area contributed by atoms with E-state index in [2.05, 4.69) is 35.9 Å². The Balaban J connectivity index is 2.14. The van der Waals surface area contributed by atoms with E-state index in [1.54, 1.807) is 13.8 Å². The summed E-state index contributed by atoms with van der Waals surface area (Å²) in [5, 5.41) is 26.7. The van der Waals surface area contributed by atoms with Crippen LogP contribution in [0.1, 0.15) is 32.2 Å². The highest BCUT2D eigenvalue weighted by molar-refractivity contribution is 5.94. The Morgan fingerprint density at radius 1 is 0.886 bits per heavy atom. The van der Waals surface area contributed by atoms with Gasteiger partial charge in [-0.1, -0.05) is 13.8 Å². The zero-order valence-corrected chi connectivity index (χ0v) is 19.7. The van der Waals surface area contributed by atoms with Gasteiger partial charge in [0.1, 0.15) is 18.1 Å². The van der Waals surface area contributed by atoms with E-state index in [0.717, 1.165) is 0 Å². The number of imidazole rings is 2. The Morgan fingerprint density at radius 2 is 1.43 bits per heavy atom. The molecule has 0 aromatic carbocycles. The van der Waals surface area contributed by atoms with Gasteiger partial charge in [0.25, 0.3) is 0 Å². The van der Waals surface area contributed by atoms with Crippen LogP contribution in [0.2, 0.25) is 0 Å². The predicted molar refractivity (Wildman–Crippen MR) is 123 cm³/mol. The van der Waals surface area contributed by atoms with E-state index in [1.807, 2.05) is 0 Å². The maximum Gasteiger partial charge on any atom is 0.326 e. The molecule has 0 aliphatic carbocycles. The topological polar surface area (TPSA) is 228 Å². The molecule has 14 nitrogen and oxygen atoms in total. The fourth-order valence-electron chi connectivity index (χ4n) is 3.25. The van der Waals surface area contributed by atoms with Gasteiger partial charge in [-0.3, -0.25) is 14.4 Å². The summed E-state index contributed by atoms with van der Waals surface area (Å²) < 4.78 is 0. The molecule has 9 N–H and O–H groups in total. The molecule has 0 spiro atoms. The summed E-state index contributed by atoms with van der Waals surface area (Å²) in [5.74, 6) is -3.97. The third-order valence-electron chi connectivity index (χ3n) is 5.24. The quantitative estimate of drug-likeness (QED) is 0.152. The van der Waals surface area contributed by atoms with Crippen molar-refractivity contribution < 1.29 is 29.4 Å². The van der Waals surface area contributed by atoms with Crippen LogP contribution >= 0.6 is 0 Å². The van der Waals surface area contributed by atoms with Gasteiger partial charge in [-0.15, -0.1) is 0 Å². The van der Waals surface area contributed by atoms with Crippen molar-refractivity contribution in [1.82, 2.24) is 35.9 Å². The van der Waals surface area contributed by atoms with Gasteiger partial charge in [-0.2, -0.15) is 0 Å². The number of rotatable bonds is 13. The van der Waals surface area contributed by atoms with Crippen LogP contribution < -0.4 is 21.7 Å². The SMILES string of the molecule is CC(C)C(NC(=O)C(NC(=O)C(Cc1cnc[nH]1)NC(=O)C(N)Cc1cnc[nH]1)C(C)O)C(=O)O. The number of aliphatic carboxylic acids is 1. The highest BCUT2D eigenvalue weighted by atomic mass is 16.4. The largest absolute Gasteiger partial charge is 0.480 e. The minimum absolute atomic E-state index is 0.00769. The zero-order valence-electron chi connectivity index (χ0n) is 19.7. The van der Waals surface area contributed by atoms with Crippen molar-refractivity contribution in [2.45, 2.75) is 63.9 Å². The molecular formula is C21H32N8O6. The van der Waals surface area contributed by atoms with E-state index in [-0.39, 0.29) is 12.8 Å². The number of aliphatic hydroxyl groups is 1. The number of aliphatic hydroxyl groups excluding tert-OH is 1. The number of H-pyrrole nitrogens is 2. The molecule has 0 aliphatic heterocycles. The maximum atomic E-state index is 13.1. The second-order valence-electron chi connectivity index (χ2n) is 8.52. The van der Waals surface area contributed by atoms with Crippen LogP contribution in [0.4, 0.5) is 0 Å². The molecule has 35 heavy (non-hydrogen) atoms. The minimum atomic E-state index is -1.47. The summed E-state index contributed by atoms with van der Waals surface area (Å²) >= 11 is 0. The van der Waals surface area contributed by atoms with Crippen LogP contribution in [0.3, 0.4) is 0 Å². The minimum Gasteiger partial charge on any atom is -0.480 e. The van der Waals surface area contributed by atoms with Crippen LogP contribution in [-0.2, 0) is 32.0 Å². The smallest absolute Gasteiger partial charge is 0.326 e. The Bertz CT molecular complexity index is 976. The van der Waals surface area contributed by atoms with Gasteiger partial charge < -0.3 is 41.9 Å². The Hall–Kier alpha value is -3.78. The summed E-state index contributed by atoms with van der Waals surface area (Å²) in [5.41, 5.74) is 7.12. The van der Waals surface area contributed by atoms with E-state index in [9.17, 15) is 29.4 Å². The summed E-state index contributed by atoms with van der Waals surface area (Å²) in [6, 6.07) is -4.86. The third-order valence-corrected chi connectivity index (χ3v) is 5.24. The van der Waals surface area contributed by atoms with Crippen molar-refractivity contribution >= 4 is 23.7 Å². The van der Waals surface area contributed by atoms with Gasteiger partial charge >= 0.3 is 5.97 Å². The highest BCUT2D eigenvalue weighted by Gasteiger charge is 2.33. The molecule has 14 heteroatoms. The predicted octanol–water partition coefficient (Wildman–Crippen LogP) is -2.18. The highest BCUT2D eigenvalue weighted by Crippen LogP contribution is 2.06. The summed E-state index contributed by atoms with van der Waals surface area (Å²) in [4.78, 5) is 63.3. The van der Waals surface area contributed by atoms with Crippen LogP contribution in [-0.4, -0.2) is 84.1 Å². The maximum absolute atomic E-state index is 13.1. The number of amides is 3. The molecule has 0 bridgehead atoms. The summed E-state index contributed by atoms with van der Waals surface area (Å²) in [6.45, 7) is 4.49. The molecule has 5 unspecified atom stereocenters. The van der Waals surface area contributed by atoms with E-state index < -0.39 is 59.9 Å². The number of nitrogens with zero attached hydrogens (tertiary/aromatic N) is 2. The number of carboxylic acids is 1. The molecule has 0 aliphatic rings. The number of aromatic amines is 2. The fourth-order valence-corrected chi connectivity index (χ4v) is 3.25. The van der Waals surface area contributed by atoms with Crippen molar-refractivity contribution in [3.8, 4) is 0 Å². The van der Waals surface area contributed by atoms with Gasteiger partial charge in [0.15, 0.2) is 0 Å². The number of aromatic nitrogens is 4. The van der Waals surface area contributed by atoms with Crippen LogP contribution in [0.25, 0.3) is 0 Å². The fraction of sp³-hybridized carbons (Fsp3) is 0.524. The van der Waals surface area contributed by atoms with Gasteiger partial charge in [0.2, 0.25) is 17.7 Å². The molecule has 2 heterocycles. The number of nitrogens with one attached hydrogen (secondary N) is 5. The number of carbonyl (C=O) groups excluding carboxylic acids is 3. The van der Waals surface area contributed by atoms with E-state index in [4.69, 9.17) is 5.73 Å². The molecule has 2 rings (SSSR count). The number of carbonyl (C=O) groups is 4. The lowest BCUT2D eigenvalue weighted by Crippen LogP contribution is -2.60. The first-order valence-electron chi connectivity index (χ1n) is 11.0. The second kappa shape index (κ2) is 12.6. The van der Waals surface area contributed by atoms with Crippen LogP contribution in [0, 0.1) is 5.92 Å². The van der Waals surface area contributed by atoms with E-state index in [1.165, 1.54) is 32.0 Å². The number of hydrogen-bond acceptors (Lipinski definition) is 8. The first-order valence-corrected chi connectivity index (χ1v) is 11.0. The summed E-state index contributed by atoms with van der Waals surface area (Å²) in [6.07, 6.45) is 4.63. The van der Waals surface area contributed by atoms with E-state index >= 15 is 0 Å². The van der Waals surface area contributed by atoms with Gasteiger partial charge in [0, 0.05) is 36.6 Å². The summed E-state index contributed by atoms with van der Waals surface area (Å²) in [7, 11) is 0. The molecule has 0 fully saturated rings. The lowest BCUT2D eigenvalue weighted by Gasteiger charge is -2.27. The molecule has 2 aromatic rings. The molecule has 3 amide bonds. The molecule has 192 valence electrons. The normalized spacial score (nSPS) is 15.5. The second-order valence-corrected chi connectivity index (χ2v) is 8.52. The van der Waals surface area contributed by atoms with Crippen LogP contribution in [0.15, 0.2) is 25.0 Å². The van der Waals surface area contributed by atoms with Gasteiger partial charge in [0.05, 0.1) is 24.8 Å². The Morgan fingerprint density at radius 3 is 1.89 bits per heavy atom. The first kappa shape index (κ1) is 27.5. The van der Waals surface area contributed by atoms with Crippen molar-refractivity contribution in [2.24, 2.45) is 11.7 Å². The van der Waals surface area contributed by atoms with Crippen molar-refractivity contribution in [3.05, 3.63) is 36.4 Å². The molecular weight excluding hydrogens is 460 g/mol. The van der Waals surface area contributed by atoms with E-state index in [0.29, 0.717) is 11.4 Å². The van der Waals surface area contributed by atoms with Crippen molar-refractivity contribution in [3.63, 3.8) is 0 Å². The molecule has 0 saturated carbocycles. The van der Waals surface area contributed by atoms with Crippen LogP contribution in [0.5, 0.6) is 0 Å². The van der Waals surface area contributed by atoms with Gasteiger partial charge in [-0.25, -0.2) is 14.8 Å².